The van der Waals surface area contributed by atoms with Gasteiger partial charge in [0.1, 0.15) is 5.01 Å². The molecule has 2 aromatic rings. The highest BCUT2D eigenvalue weighted by atomic mass is 32.1. The van der Waals surface area contributed by atoms with Crippen LogP contribution in [0.2, 0.25) is 0 Å². The Bertz CT molecular complexity index is 688. The van der Waals surface area contributed by atoms with Crippen molar-refractivity contribution in [3.8, 4) is 10.6 Å². The molecule has 0 aliphatic carbocycles. The zero-order valence-electron chi connectivity index (χ0n) is 13.7. The molecular formula is C19H23N3OS. The number of carbonyl (C=O) groups is 1. The zero-order valence-corrected chi connectivity index (χ0v) is 14.5. The van der Waals surface area contributed by atoms with Gasteiger partial charge in [0.05, 0.1) is 12.2 Å². The molecule has 2 aliphatic heterocycles. The van der Waals surface area contributed by atoms with Crippen molar-refractivity contribution in [3.05, 3.63) is 41.4 Å². The average Bonchev–Trinajstić information content (AvgIpc) is 3.20. The lowest BCUT2D eigenvalue weighted by molar-refractivity contribution is -0.122. The summed E-state index contributed by atoms with van der Waals surface area (Å²) in [6.07, 6.45) is 5.52. The van der Waals surface area contributed by atoms with Crippen LogP contribution in [0.15, 0.2) is 35.7 Å². The van der Waals surface area contributed by atoms with Gasteiger partial charge in [0, 0.05) is 29.4 Å². The maximum Gasteiger partial charge on any atom is 0.220 e. The van der Waals surface area contributed by atoms with Gasteiger partial charge in [-0.2, -0.15) is 0 Å². The fourth-order valence-corrected chi connectivity index (χ4v) is 4.79. The molecule has 3 heterocycles. The molecule has 2 atom stereocenters. The molecule has 2 bridgehead atoms. The molecule has 0 radical (unpaired) electrons. The second-order valence-corrected chi connectivity index (χ2v) is 7.82. The van der Waals surface area contributed by atoms with Gasteiger partial charge in [0.15, 0.2) is 0 Å². The van der Waals surface area contributed by atoms with Crippen molar-refractivity contribution in [3.63, 3.8) is 0 Å². The first-order chi connectivity index (χ1) is 11.8. The van der Waals surface area contributed by atoms with Crippen molar-refractivity contribution in [2.24, 2.45) is 5.92 Å². The van der Waals surface area contributed by atoms with E-state index in [0.717, 1.165) is 29.1 Å². The predicted molar refractivity (Wildman–Crippen MR) is 96.7 cm³/mol. The van der Waals surface area contributed by atoms with E-state index < -0.39 is 0 Å². The van der Waals surface area contributed by atoms with E-state index in [0.29, 0.717) is 31.0 Å². The Balaban J connectivity index is 1.28. The lowest BCUT2D eigenvalue weighted by Crippen LogP contribution is -2.39. The van der Waals surface area contributed by atoms with Crippen LogP contribution < -0.4 is 10.6 Å². The highest BCUT2D eigenvalue weighted by Crippen LogP contribution is 2.32. The van der Waals surface area contributed by atoms with Gasteiger partial charge in [0.25, 0.3) is 0 Å². The van der Waals surface area contributed by atoms with Gasteiger partial charge in [-0.1, -0.05) is 30.3 Å². The fraction of sp³-hybridized carbons (Fsp3) is 0.474. The van der Waals surface area contributed by atoms with Crippen molar-refractivity contribution >= 4 is 17.2 Å². The van der Waals surface area contributed by atoms with E-state index in [1.165, 1.54) is 12.8 Å². The van der Waals surface area contributed by atoms with Crippen LogP contribution in [-0.4, -0.2) is 23.0 Å². The number of nitrogens with zero attached hydrogens (tertiary/aromatic N) is 1. The van der Waals surface area contributed by atoms with E-state index in [1.54, 1.807) is 11.3 Å². The highest BCUT2D eigenvalue weighted by Gasteiger charge is 2.34. The first kappa shape index (κ1) is 15.8. The number of carbonyl (C=O) groups excluding carboxylic acids is 1. The number of hydrogen-bond donors (Lipinski definition) is 2. The Labute approximate surface area is 146 Å². The SMILES string of the molecule is O=C(CC1CC2CCC(C1)N2)NCc1csc(-c2ccccc2)n1. The number of thiazole rings is 1. The van der Waals surface area contributed by atoms with Crippen LogP contribution in [0.25, 0.3) is 10.6 Å². The molecule has 5 heteroatoms. The number of hydrogen-bond acceptors (Lipinski definition) is 4. The molecular weight excluding hydrogens is 318 g/mol. The second kappa shape index (κ2) is 7.03. The number of nitrogens with one attached hydrogen (secondary N) is 2. The third kappa shape index (κ3) is 3.68. The highest BCUT2D eigenvalue weighted by molar-refractivity contribution is 7.13. The molecule has 1 amide bonds. The van der Waals surface area contributed by atoms with Gasteiger partial charge in [-0.05, 0) is 31.6 Å². The summed E-state index contributed by atoms with van der Waals surface area (Å²) >= 11 is 1.63. The molecule has 0 saturated carbocycles. The van der Waals surface area contributed by atoms with Crippen LogP contribution in [0.4, 0.5) is 0 Å². The zero-order chi connectivity index (χ0) is 16.4. The molecule has 1 aromatic heterocycles. The number of aromatic nitrogens is 1. The smallest absolute Gasteiger partial charge is 0.220 e. The molecule has 4 rings (SSSR count). The molecule has 2 unspecified atom stereocenters. The van der Waals surface area contributed by atoms with E-state index in [9.17, 15) is 4.79 Å². The standard InChI is InChI=1S/C19H23N3OS/c23-18(10-13-8-15-6-7-16(9-13)21-15)20-11-17-12-24-19(22-17)14-4-2-1-3-5-14/h1-5,12-13,15-16,21H,6-11H2,(H,20,23). The van der Waals surface area contributed by atoms with Crippen LogP contribution in [0.5, 0.6) is 0 Å². The lowest BCUT2D eigenvalue weighted by Gasteiger charge is -2.28. The van der Waals surface area contributed by atoms with Crippen LogP contribution in [-0.2, 0) is 11.3 Å². The van der Waals surface area contributed by atoms with Crippen molar-refractivity contribution < 1.29 is 4.79 Å². The van der Waals surface area contributed by atoms with Crippen molar-refractivity contribution in [2.75, 3.05) is 0 Å². The molecule has 2 aliphatic rings. The maximum absolute atomic E-state index is 12.2. The Morgan fingerprint density at radius 2 is 1.96 bits per heavy atom. The van der Waals surface area contributed by atoms with E-state index in [2.05, 4.69) is 27.8 Å². The summed E-state index contributed by atoms with van der Waals surface area (Å²) in [4.78, 5) is 16.9. The largest absolute Gasteiger partial charge is 0.350 e. The molecule has 1 aromatic carbocycles. The molecule has 2 fully saturated rings. The summed E-state index contributed by atoms with van der Waals surface area (Å²) in [5, 5.41) is 9.72. The van der Waals surface area contributed by atoms with Gasteiger partial charge < -0.3 is 10.6 Å². The van der Waals surface area contributed by atoms with Crippen LogP contribution in [0.1, 0.15) is 37.8 Å². The molecule has 2 N–H and O–H groups in total. The molecule has 4 nitrogen and oxygen atoms in total. The topological polar surface area (TPSA) is 54.0 Å². The van der Waals surface area contributed by atoms with Gasteiger partial charge >= 0.3 is 0 Å². The molecule has 0 spiro atoms. The number of amides is 1. The molecule has 2 saturated heterocycles. The summed E-state index contributed by atoms with van der Waals surface area (Å²) < 4.78 is 0. The minimum atomic E-state index is 0.163. The Hall–Kier alpha value is -1.72. The monoisotopic (exact) mass is 341 g/mol. The van der Waals surface area contributed by atoms with Crippen LogP contribution >= 0.6 is 11.3 Å². The van der Waals surface area contributed by atoms with Crippen LogP contribution in [0.3, 0.4) is 0 Å². The number of piperidine rings is 1. The van der Waals surface area contributed by atoms with Crippen molar-refractivity contribution in [1.29, 1.82) is 0 Å². The normalized spacial score (nSPS) is 25.6. The third-order valence-corrected chi connectivity index (χ3v) is 6.02. The summed E-state index contributed by atoms with van der Waals surface area (Å²) in [6.45, 7) is 0.528. The van der Waals surface area contributed by atoms with Crippen LogP contribution in [0, 0.1) is 5.92 Å². The second-order valence-electron chi connectivity index (χ2n) is 6.97. The van der Waals surface area contributed by atoms with Gasteiger partial charge in [-0.15, -0.1) is 11.3 Å². The third-order valence-electron chi connectivity index (χ3n) is 5.08. The van der Waals surface area contributed by atoms with Gasteiger partial charge in [-0.25, -0.2) is 4.98 Å². The van der Waals surface area contributed by atoms with Crippen molar-refractivity contribution in [1.82, 2.24) is 15.6 Å². The Morgan fingerprint density at radius 1 is 1.21 bits per heavy atom. The predicted octanol–water partition coefficient (Wildman–Crippen LogP) is 3.35. The molecule has 126 valence electrons. The van der Waals surface area contributed by atoms with E-state index in [1.807, 2.05) is 23.6 Å². The minimum Gasteiger partial charge on any atom is -0.350 e. The minimum absolute atomic E-state index is 0.163. The summed E-state index contributed by atoms with van der Waals surface area (Å²) in [7, 11) is 0. The Morgan fingerprint density at radius 3 is 2.71 bits per heavy atom. The average molecular weight is 341 g/mol. The summed E-state index contributed by atoms with van der Waals surface area (Å²) in [5.74, 6) is 0.703. The van der Waals surface area contributed by atoms with E-state index in [4.69, 9.17) is 0 Å². The quantitative estimate of drug-likeness (QED) is 0.877. The Kier molecular flexibility index (Phi) is 4.63. The maximum atomic E-state index is 12.2. The van der Waals surface area contributed by atoms with Crippen molar-refractivity contribution in [2.45, 2.75) is 50.7 Å². The molecule has 24 heavy (non-hydrogen) atoms. The van der Waals surface area contributed by atoms with E-state index in [-0.39, 0.29) is 5.91 Å². The van der Waals surface area contributed by atoms with Gasteiger partial charge in [-0.3, -0.25) is 4.79 Å². The number of benzene rings is 1. The fourth-order valence-electron chi connectivity index (χ4n) is 3.97. The summed E-state index contributed by atoms with van der Waals surface area (Å²) in [5.41, 5.74) is 2.07. The summed E-state index contributed by atoms with van der Waals surface area (Å²) in [6, 6.07) is 11.5. The first-order valence-electron chi connectivity index (χ1n) is 8.79. The lowest BCUT2D eigenvalue weighted by atomic mass is 9.89. The van der Waals surface area contributed by atoms with Gasteiger partial charge in [0.2, 0.25) is 5.91 Å². The van der Waals surface area contributed by atoms with E-state index >= 15 is 0 Å². The first-order valence-corrected chi connectivity index (χ1v) is 9.67. The number of rotatable bonds is 5. The number of fused-ring (bicyclic) bond motifs is 2.